The highest BCUT2D eigenvalue weighted by atomic mass is 35.5. The molecule has 0 amide bonds. The van der Waals surface area contributed by atoms with Gasteiger partial charge >= 0.3 is 0 Å². The number of halogens is 2. The topological polar surface area (TPSA) is 59.9 Å². The van der Waals surface area contributed by atoms with Gasteiger partial charge in [0.25, 0.3) is 0 Å². The van der Waals surface area contributed by atoms with E-state index in [1.807, 2.05) is 24.3 Å². The summed E-state index contributed by atoms with van der Waals surface area (Å²) < 4.78 is 20.6. The van der Waals surface area contributed by atoms with Gasteiger partial charge in [0.05, 0.1) is 10.6 Å². The molecule has 4 rings (SSSR count). The van der Waals surface area contributed by atoms with Crippen LogP contribution in [0.3, 0.4) is 0 Å². The first-order chi connectivity index (χ1) is 13.7. The largest absolute Gasteiger partial charge is 0.448 e. The van der Waals surface area contributed by atoms with Crippen LogP contribution in [0.25, 0.3) is 11.3 Å². The molecule has 0 spiro atoms. The summed E-state index contributed by atoms with van der Waals surface area (Å²) in [7, 11) is 0. The molecule has 0 bridgehead atoms. The number of para-hydroxylation sites is 1. The molecule has 1 aliphatic heterocycles. The van der Waals surface area contributed by atoms with Crippen molar-refractivity contribution in [2.75, 3.05) is 11.1 Å². The predicted molar refractivity (Wildman–Crippen MR) is 109 cm³/mol. The van der Waals surface area contributed by atoms with Crippen LogP contribution in [-0.4, -0.2) is 20.9 Å². The van der Waals surface area contributed by atoms with Crippen molar-refractivity contribution in [2.24, 2.45) is 0 Å². The first-order valence-electron chi connectivity index (χ1n) is 9.01. The maximum atomic E-state index is 14.5. The molecule has 2 aromatic carbocycles. The van der Waals surface area contributed by atoms with E-state index in [0.29, 0.717) is 16.7 Å². The van der Waals surface area contributed by atoms with E-state index >= 15 is 0 Å². The normalized spacial score (nSPS) is 15.0. The fourth-order valence-corrected chi connectivity index (χ4v) is 4.03. The van der Waals surface area contributed by atoms with E-state index < -0.39 is 12.0 Å². The van der Waals surface area contributed by atoms with Crippen LogP contribution >= 0.6 is 23.4 Å². The SMILES string of the molecule is CCCCSc1nnc2c(n1)O[C@H](c1c(F)cccc1Cl)Nc1ccccc1-2. The number of aromatic nitrogens is 3. The van der Waals surface area contributed by atoms with Gasteiger partial charge in [-0.3, -0.25) is 0 Å². The van der Waals surface area contributed by atoms with Gasteiger partial charge in [-0.2, -0.15) is 4.98 Å². The molecule has 0 saturated carbocycles. The molecule has 8 heteroatoms. The fourth-order valence-electron chi connectivity index (χ4n) is 2.91. The second-order valence-corrected chi connectivity index (χ2v) is 7.74. The number of rotatable bonds is 5. The molecule has 144 valence electrons. The summed E-state index contributed by atoms with van der Waals surface area (Å²) in [6.07, 6.45) is 1.30. The summed E-state index contributed by atoms with van der Waals surface area (Å²) in [4.78, 5) is 4.54. The summed E-state index contributed by atoms with van der Waals surface area (Å²) in [5.74, 6) is 0.746. The third-order valence-corrected chi connectivity index (χ3v) is 5.58. The molecule has 5 nitrogen and oxygen atoms in total. The molecule has 3 aromatic rings. The Morgan fingerprint density at radius 2 is 2.04 bits per heavy atom. The zero-order valence-corrected chi connectivity index (χ0v) is 16.7. The van der Waals surface area contributed by atoms with Crippen LogP contribution in [0.2, 0.25) is 5.02 Å². The van der Waals surface area contributed by atoms with E-state index in [-0.39, 0.29) is 10.6 Å². The van der Waals surface area contributed by atoms with Crippen LogP contribution in [0.15, 0.2) is 47.6 Å². The molecular formula is C20H18ClFN4OS. The van der Waals surface area contributed by atoms with E-state index in [2.05, 4.69) is 27.4 Å². The van der Waals surface area contributed by atoms with Crippen molar-refractivity contribution in [1.82, 2.24) is 15.2 Å². The van der Waals surface area contributed by atoms with Gasteiger partial charge in [-0.1, -0.05) is 61.0 Å². The molecule has 1 N–H and O–H groups in total. The Bertz CT molecular complexity index is 983. The Labute approximate surface area is 171 Å². The smallest absolute Gasteiger partial charge is 0.247 e. The van der Waals surface area contributed by atoms with Crippen LogP contribution in [-0.2, 0) is 0 Å². The lowest BCUT2D eigenvalue weighted by Crippen LogP contribution is -2.19. The Balaban J connectivity index is 1.78. The maximum absolute atomic E-state index is 14.5. The lowest BCUT2D eigenvalue weighted by Gasteiger charge is -2.20. The summed E-state index contributed by atoms with van der Waals surface area (Å²) in [5.41, 5.74) is 2.27. The van der Waals surface area contributed by atoms with E-state index in [4.69, 9.17) is 16.3 Å². The van der Waals surface area contributed by atoms with Crippen LogP contribution in [0.4, 0.5) is 10.1 Å². The second-order valence-electron chi connectivity index (χ2n) is 6.27. The van der Waals surface area contributed by atoms with E-state index in [0.717, 1.165) is 29.8 Å². The molecule has 1 aromatic heterocycles. The van der Waals surface area contributed by atoms with Crippen molar-refractivity contribution in [3.8, 4) is 17.1 Å². The van der Waals surface area contributed by atoms with Gasteiger partial charge in [0.15, 0.2) is 5.69 Å². The second kappa shape index (κ2) is 8.32. The highest BCUT2D eigenvalue weighted by Gasteiger charge is 2.29. The third-order valence-electron chi connectivity index (χ3n) is 4.32. The summed E-state index contributed by atoms with van der Waals surface area (Å²) in [6, 6.07) is 12.1. The number of thioether (sulfide) groups is 1. The van der Waals surface area contributed by atoms with Crippen molar-refractivity contribution in [3.63, 3.8) is 0 Å². The minimum Gasteiger partial charge on any atom is -0.448 e. The number of nitrogens with zero attached hydrogens (tertiary/aromatic N) is 3. The van der Waals surface area contributed by atoms with Gasteiger partial charge in [-0.05, 0) is 24.6 Å². The van der Waals surface area contributed by atoms with Gasteiger partial charge < -0.3 is 10.1 Å². The molecule has 28 heavy (non-hydrogen) atoms. The molecule has 0 unspecified atom stereocenters. The Morgan fingerprint density at radius 3 is 2.86 bits per heavy atom. The lowest BCUT2D eigenvalue weighted by atomic mass is 10.1. The lowest BCUT2D eigenvalue weighted by molar-refractivity contribution is 0.220. The number of fused-ring (bicyclic) bond motifs is 3. The summed E-state index contributed by atoms with van der Waals surface area (Å²) in [6.45, 7) is 2.13. The third kappa shape index (κ3) is 3.77. The number of hydrogen-bond donors (Lipinski definition) is 1. The molecule has 0 saturated heterocycles. The first-order valence-corrected chi connectivity index (χ1v) is 10.4. The molecule has 2 heterocycles. The van der Waals surface area contributed by atoms with Crippen LogP contribution in [0, 0.1) is 5.82 Å². The molecule has 0 radical (unpaired) electrons. The van der Waals surface area contributed by atoms with E-state index in [1.165, 1.54) is 17.8 Å². The average Bonchev–Trinajstić information content (AvgIpc) is 2.84. The number of benzene rings is 2. The van der Waals surface area contributed by atoms with Crippen molar-refractivity contribution < 1.29 is 9.13 Å². The number of anilines is 1. The maximum Gasteiger partial charge on any atom is 0.247 e. The standard InChI is InChI=1S/C20H18ClFN4OS/c1-2-3-11-28-20-24-19-17(25-26-20)12-7-4-5-10-15(12)23-18(27-19)16-13(21)8-6-9-14(16)22/h4-10,18,23H,2-3,11H2,1H3/t18-/m1/s1. The molecule has 1 aliphatic rings. The van der Waals surface area contributed by atoms with Crippen molar-refractivity contribution >= 4 is 29.1 Å². The summed E-state index contributed by atoms with van der Waals surface area (Å²) >= 11 is 7.80. The Hall–Kier alpha value is -2.38. The highest BCUT2D eigenvalue weighted by molar-refractivity contribution is 7.99. The van der Waals surface area contributed by atoms with Crippen LogP contribution in [0.5, 0.6) is 5.88 Å². The molecule has 0 fully saturated rings. The minimum atomic E-state index is -0.846. The number of nitrogens with one attached hydrogen (secondary N) is 1. The van der Waals surface area contributed by atoms with Crippen molar-refractivity contribution in [1.29, 1.82) is 0 Å². The van der Waals surface area contributed by atoms with Crippen molar-refractivity contribution in [2.45, 2.75) is 31.1 Å². The first kappa shape index (κ1) is 19.0. The monoisotopic (exact) mass is 416 g/mol. The fraction of sp³-hybridized carbons (Fsp3) is 0.250. The quantitative estimate of drug-likeness (QED) is 0.423. The van der Waals surface area contributed by atoms with Gasteiger partial charge in [0.2, 0.25) is 17.3 Å². The summed E-state index contributed by atoms with van der Waals surface area (Å²) in [5, 5.41) is 12.6. The molecule has 1 atom stereocenters. The Morgan fingerprint density at radius 1 is 1.18 bits per heavy atom. The number of hydrogen-bond acceptors (Lipinski definition) is 6. The molecule has 0 aliphatic carbocycles. The predicted octanol–water partition coefficient (Wildman–Crippen LogP) is 5.73. The van der Waals surface area contributed by atoms with E-state index in [1.54, 1.807) is 12.1 Å². The molecular weight excluding hydrogens is 399 g/mol. The van der Waals surface area contributed by atoms with E-state index in [9.17, 15) is 4.39 Å². The number of unbranched alkanes of at least 4 members (excludes halogenated alkanes) is 1. The Kier molecular flexibility index (Phi) is 5.64. The minimum absolute atomic E-state index is 0.227. The van der Waals surface area contributed by atoms with Crippen LogP contribution < -0.4 is 10.1 Å². The van der Waals surface area contributed by atoms with Gasteiger partial charge in [-0.25, -0.2) is 4.39 Å². The number of ether oxygens (including phenoxy) is 1. The van der Waals surface area contributed by atoms with Gasteiger partial charge in [0, 0.05) is 17.0 Å². The van der Waals surface area contributed by atoms with Gasteiger partial charge in [0.1, 0.15) is 5.82 Å². The van der Waals surface area contributed by atoms with Crippen molar-refractivity contribution in [3.05, 3.63) is 58.9 Å². The van der Waals surface area contributed by atoms with Crippen LogP contribution in [0.1, 0.15) is 31.6 Å². The highest BCUT2D eigenvalue weighted by Crippen LogP contribution is 2.41. The zero-order valence-electron chi connectivity index (χ0n) is 15.2. The zero-order chi connectivity index (χ0) is 19.5. The average molecular weight is 417 g/mol. The van der Waals surface area contributed by atoms with Gasteiger partial charge in [-0.15, -0.1) is 10.2 Å².